The van der Waals surface area contributed by atoms with Crippen LogP contribution in [0.15, 0.2) is 71.3 Å². The predicted octanol–water partition coefficient (Wildman–Crippen LogP) is 5.56. The summed E-state index contributed by atoms with van der Waals surface area (Å²) in [7, 11) is 1.72. The van der Waals surface area contributed by atoms with Crippen LogP contribution < -0.4 is 0 Å². The van der Waals surface area contributed by atoms with Gasteiger partial charge < -0.3 is 14.4 Å². The van der Waals surface area contributed by atoms with Gasteiger partial charge in [0.05, 0.1) is 13.2 Å². The summed E-state index contributed by atoms with van der Waals surface area (Å²) in [5.41, 5.74) is 4.95. The summed E-state index contributed by atoms with van der Waals surface area (Å²) in [5.74, 6) is 0.164. The highest BCUT2D eigenvalue weighted by Gasteiger charge is 2.35. The molecule has 0 saturated carbocycles. The Bertz CT molecular complexity index is 1260. The fourth-order valence-electron chi connectivity index (χ4n) is 4.73. The summed E-state index contributed by atoms with van der Waals surface area (Å²) in [6.07, 6.45) is 4.89. The Labute approximate surface area is 212 Å². The lowest BCUT2D eigenvalue weighted by atomic mass is 9.71. The lowest BCUT2D eigenvalue weighted by molar-refractivity contribution is -0.138. The topological polar surface area (TPSA) is 88.7 Å². The van der Waals surface area contributed by atoms with Crippen LogP contribution in [0.4, 0.5) is 0 Å². The van der Waals surface area contributed by atoms with Crippen molar-refractivity contribution in [2.45, 2.75) is 39.8 Å². The Morgan fingerprint density at radius 3 is 2.58 bits per heavy atom. The van der Waals surface area contributed by atoms with E-state index in [-0.39, 0.29) is 18.0 Å². The monoisotopic (exact) mass is 487 g/mol. The number of ether oxygens (including phenoxy) is 1. The Kier molecular flexibility index (Phi) is 7.82. The maximum Gasteiger partial charge on any atom is 0.317 e. The zero-order valence-corrected chi connectivity index (χ0v) is 21.3. The van der Waals surface area contributed by atoms with Gasteiger partial charge in [0.1, 0.15) is 0 Å². The Morgan fingerprint density at radius 2 is 1.89 bits per heavy atom. The summed E-state index contributed by atoms with van der Waals surface area (Å²) in [4.78, 5) is 17.9. The van der Waals surface area contributed by atoms with Gasteiger partial charge >= 0.3 is 5.97 Å². The molecule has 0 radical (unpaired) electrons. The highest BCUT2D eigenvalue weighted by Crippen LogP contribution is 2.45. The van der Waals surface area contributed by atoms with Crippen LogP contribution in [-0.4, -0.2) is 52.4 Å². The molecule has 1 aromatic heterocycles. The molecule has 0 fully saturated rings. The molecule has 36 heavy (non-hydrogen) atoms. The summed E-state index contributed by atoms with van der Waals surface area (Å²) in [5, 5.41) is 13.5. The molecule has 0 amide bonds. The van der Waals surface area contributed by atoms with E-state index in [0.29, 0.717) is 31.3 Å². The third-order valence-electron chi connectivity index (χ3n) is 6.57. The van der Waals surface area contributed by atoms with Gasteiger partial charge in [-0.2, -0.15) is 4.98 Å². The first-order chi connectivity index (χ1) is 17.3. The first kappa shape index (κ1) is 25.5. The number of aliphatic carboxylic acids is 1. The smallest absolute Gasteiger partial charge is 0.317 e. The van der Waals surface area contributed by atoms with Gasteiger partial charge in [0.15, 0.2) is 0 Å². The van der Waals surface area contributed by atoms with Crippen molar-refractivity contribution < 1.29 is 19.2 Å². The number of carboxylic acid groups (broad SMARTS) is 1. The third-order valence-corrected chi connectivity index (χ3v) is 6.57. The number of hydrogen-bond donors (Lipinski definition) is 1. The molecule has 0 aliphatic heterocycles. The number of carboxylic acids is 1. The van der Waals surface area contributed by atoms with Crippen LogP contribution in [-0.2, 0) is 16.1 Å². The molecule has 0 bridgehead atoms. The van der Waals surface area contributed by atoms with Gasteiger partial charge in [0, 0.05) is 36.2 Å². The molecule has 0 spiro atoms. The van der Waals surface area contributed by atoms with Crippen LogP contribution >= 0.6 is 0 Å². The molecular weight excluding hydrogens is 454 g/mol. The van der Waals surface area contributed by atoms with Gasteiger partial charge in [0.25, 0.3) is 5.89 Å². The third kappa shape index (κ3) is 5.80. The first-order valence-corrected chi connectivity index (χ1v) is 12.1. The number of rotatable bonds is 10. The quantitative estimate of drug-likeness (QED) is 0.401. The minimum absolute atomic E-state index is 0.0128. The number of benzene rings is 2. The number of aromatic nitrogens is 2. The molecule has 4 rings (SSSR count). The minimum Gasteiger partial charge on any atom is -0.480 e. The zero-order valence-electron chi connectivity index (χ0n) is 21.3. The Hall–Kier alpha value is -3.55. The number of allylic oxidation sites excluding steroid dienone is 3. The second-order valence-electron chi connectivity index (χ2n) is 9.82. The van der Waals surface area contributed by atoms with Crippen molar-refractivity contribution >= 4 is 17.1 Å². The molecule has 188 valence electrons. The van der Waals surface area contributed by atoms with E-state index in [4.69, 9.17) is 14.2 Å². The predicted molar refractivity (Wildman–Crippen MR) is 140 cm³/mol. The second kappa shape index (κ2) is 11.0. The van der Waals surface area contributed by atoms with E-state index in [9.17, 15) is 9.90 Å². The van der Waals surface area contributed by atoms with E-state index in [1.165, 1.54) is 11.1 Å². The average molecular weight is 488 g/mol. The number of nitrogens with zero attached hydrogens (tertiary/aromatic N) is 3. The van der Waals surface area contributed by atoms with Crippen LogP contribution in [0.25, 0.3) is 22.5 Å². The lowest BCUT2D eigenvalue weighted by Gasteiger charge is -2.34. The van der Waals surface area contributed by atoms with Crippen molar-refractivity contribution in [3.63, 3.8) is 0 Å². The van der Waals surface area contributed by atoms with Gasteiger partial charge in [-0.05, 0) is 43.0 Å². The van der Waals surface area contributed by atoms with Crippen LogP contribution in [0.5, 0.6) is 0 Å². The Balaban J connectivity index is 1.59. The molecule has 1 atom stereocenters. The molecule has 3 aromatic rings. The van der Waals surface area contributed by atoms with E-state index in [1.54, 1.807) is 7.11 Å². The average Bonchev–Trinajstić information content (AvgIpc) is 3.34. The van der Waals surface area contributed by atoms with Gasteiger partial charge in [-0.3, -0.25) is 9.69 Å². The van der Waals surface area contributed by atoms with Crippen LogP contribution in [0.3, 0.4) is 0 Å². The maximum atomic E-state index is 11.2. The minimum atomic E-state index is -0.839. The van der Waals surface area contributed by atoms with Crippen molar-refractivity contribution in [3.05, 3.63) is 83.8 Å². The van der Waals surface area contributed by atoms with Crippen molar-refractivity contribution in [2.24, 2.45) is 5.41 Å². The molecule has 1 heterocycles. The number of methoxy groups -OCH3 is 1. The molecule has 1 aliphatic carbocycles. The molecular formula is C29H33N3O4. The summed E-state index contributed by atoms with van der Waals surface area (Å²) < 4.78 is 11.3. The SMILES string of the molecule is COCC1(C)CC(c2nc(-c3cccc(CN(CC(=O)O)C(C)C)c3)no2)=CC=C1c1ccccc1. The van der Waals surface area contributed by atoms with Crippen molar-refractivity contribution in [2.75, 3.05) is 20.3 Å². The van der Waals surface area contributed by atoms with Crippen LogP contribution in [0, 0.1) is 5.41 Å². The molecule has 1 aliphatic rings. The van der Waals surface area contributed by atoms with Gasteiger partial charge in [0.2, 0.25) is 5.82 Å². The Morgan fingerprint density at radius 1 is 1.14 bits per heavy atom. The number of hydrogen-bond acceptors (Lipinski definition) is 6. The zero-order chi connectivity index (χ0) is 25.7. The van der Waals surface area contributed by atoms with Crippen molar-refractivity contribution in [1.82, 2.24) is 15.0 Å². The summed E-state index contributed by atoms with van der Waals surface area (Å²) in [6, 6.07) is 18.3. The van der Waals surface area contributed by atoms with Crippen molar-refractivity contribution in [3.8, 4) is 11.4 Å². The molecule has 1 N–H and O–H groups in total. The van der Waals surface area contributed by atoms with E-state index in [2.05, 4.69) is 36.4 Å². The normalized spacial score (nSPS) is 17.8. The summed E-state index contributed by atoms with van der Waals surface area (Å²) >= 11 is 0. The fraction of sp³-hybridized carbons (Fsp3) is 0.345. The summed E-state index contributed by atoms with van der Waals surface area (Å²) in [6.45, 7) is 7.25. The van der Waals surface area contributed by atoms with Crippen LogP contribution in [0.2, 0.25) is 0 Å². The molecule has 0 saturated heterocycles. The standard InChI is InChI=1S/C29H33N3O4/c1-20(2)32(18-26(33)34)17-21-9-8-12-23(15-21)27-30-28(36-31-27)24-13-14-25(22-10-6-5-7-11-22)29(3,16-24)19-35-4/h5-15,20H,16-19H2,1-4H3,(H,33,34). The van der Waals surface area contributed by atoms with Gasteiger partial charge in [-0.15, -0.1) is 0 Å². The maximum absolute atomic E-state index is 11.2. The van der Waals surface area contributed by atoms with E-state index >= 15 is 0 Å². The van der Waals surface area contributed by atoms with E-state index in [1.807, 2.05) is 61.2 Å². The van der Waals surface area contributed by atoms with Gasteiger partial charge in [-0.25, -0.2) is 0 Å². The molecule has 7 nitrogen and oxygen atoms in total. The lowest BCUT2D eigenvalue weighted by Crippen LogP contribution is -2.35. The molecule has 2 aromatic carbocycles. The highest BCUT2D eigenvalue weighted by atomic mass is 16.5. The largest absolute Gasteiger partial charge is 0.480 e. The van der Waals surface area contributed by atoms with Gasteiger partial charge in [-0.1, -0.05) is 72.8 Å². The van der Waals surface area contributed by atoms with E-state index < -0.39 is 5.97 Å². The highest BCUT2D eigenvalue weighted by molar-refractivity contribution is 5.80. The van der Waals surface area contributed by atoms with E-state index in [0.717, 1.165) is 16.7 Å². The second-order valence-corrected chi connectivity index (χ2v) is 9.82. The molecule has 1 unspecified atom stereocenters. The molecule has 7 heteroatoms. The fourth-order valence-corrected chi connectivity index (χ4v) is 4.73. The first-order valence-electron chi connectivity index (χ1n) is 12.1. The van der Waals surface area contributed by atoms with Crippen molar-refractivity contribution in [1.29, 1.82) is 0 Å². The number of carbonyl (C=O) groups is 1. The van der Waals surface area contributed by atoms with Crippen LogP contribution in [0.1, 0.15) is 44.2 Å².